The lowest BCUT2D eigenvalue weighted by Gasteiger charge is -2.22. The van der Waals surface area contributed by atoms with Gasteiger partial charge in [-0.2, -0.15) is 0 Å². The van der Waals surface area contributed by atoms with E-state index in [4.69, 9.17) is 0 Å². The molecule has 2 nitrogen and oxygen atoms in total. The Balaban J connectivity index is 2.34. The number of rotatable bonds is 2. The minimum Gasteiger partial charge on any atom is -0.354 e. The topological polar surface area (TPSA) is 29.1 Å². The molecule has 0 aliphatic heterocycles. The summed E-state index contributed by atoms with van der Waals surface area (Å²) in [5.74, 6) is 0.822. The third-order valence-electron chi connectivity index (χ3n) is 3.04. The van der Waals surface area contributed by atoms with E-state index >= 15 is 0 Å². The van der Waals surface area contributed by atoms with E-state index in [1.807, 2.05) is 0 Å². The Labute approximate surface area is 81.1 Å². The van der Waals surface area contributed by atoms with Gasteiger partial charge >= 0.3 is 0 Å². The van der Waals surface area contributed by atoms with Gasteiger partial charge in [0.1, 0.15) is 0 Å². The Bertz CT molecular complexity index is 159. The molecule has 1 aliphatic carbocycles. The summed E-state index contributed by atoms with van der Waals surface area (Å²) >= 11 is 0. The van der Waals surface area contributed by atoms with Crippen LogP contribution in [0.4, 0.5) is 0 Å². The molecular formula is C11H21NO. The van der Waals surface area contributed by atoms with Crippen molar-refractivity contribution in [2.45, 2.75) is 58.4 Å². The quantitative estimate of drug-likeness (QED) is 0.655. The smallest absolute Gasteiger partial charge is 0.217 e. The third-order valence-corrected chi connectivity index (χ3v) is 3.04. The van der Waals surface area contributed by atoms with Gasteiger partial charge in [0, 0.05) is 13.0 Å². The summed E-state index contributed by atoms with van der Waals surface area (Å²) < 4.78 is 0. The molecular weight excluding hydrogens is 162 g/mol. The zero-order valence-corrected chi connectivity index (χ0v) is 8.81. The summed E-state index contributed by atoms with van der Waals surface area (Å²) in [5, 5.41) is 3.00. The molecule has 0 spiro atoms. The molecule has 0 aromatic carbocycles. The number of hydrogen-bond donors (Lipinski definition) is 1. The molecule has 1 aliphatic rings. The maximum absolute atomic E-state index is 10.9. The van der Waals surface area contributed by atoms with E-state index in [2.05, 4.69) is 12.2 Å². The zero-order valence-electron chi connectivity index (χ0n) is 8.81. The van der Waals surface area contributed by atoms with Crippen molar-refractivity contribution in [1.82, 2.24) is 5.32 Å². The van der Waals surface area contributed by atoms with Crippen LogP contribution in [-0.2, 0) is 4.79 Å². The second-order valence-corrected chi connectivity index (χ2v) is 4.24. The fourth-order valence-electron chi connectivity index (χ4n) is 2.25. The summed E-state index contributed by atoms with van der Waals surface area (Å²) in [6.45, 7) is 3.74. The average molecular weight is 183 g/mol. The van der Waals surface area contributed by atoms with Gasteiger partial charge in [-0.3, -0.25) is 4.79 Å². The van der Waals surface area contributed by atoms with Gasteiger partial charge in [-0.1, -0.05) is 25.7 Å². The highest BCUT2D eigenvalue weighted by molar-refractivity contribution is 5.73. The second-order valence-electron chi connectivity index (χ2n) is 4.24. The largest absolute Gasteiger partial charge is 0.354 e. The van der Waals surface area contributed by atoms with Crippen LogP contribution in [0.15, 0.2) is 0 Å². The van der Waals surface area contributed by atoms with Gasteiger partial charge in [0.05, 0.1) is 0 Å². The third kappa shape index (κ3) is 3.79. The summed E-state index contributed by atoms with van der Waals surface area (Å²) in [4.78, 5) is 10.9. The van der Waals surface area contributed by atoms with Gasteiger partial charge in [0.15, 0.2) is 0 Å². The minimum atomic E-state index is 0.108. The molecule has 1 saturated carbocycles. The molecule has 0 saturated heterocycles. The van der Waals surface area contributed by atoms with Gasteiger partial charge in [-0.05, 0) is 25.7 Å². The lowest BCUT2D eigenvalue weighted by Crippen LogP contribution is -2.36. The molecule has 1 atom stereocenters. The molecule has 1 rings (SSSR count). The minimum absolute atomic E-state index is 0.108. The van der Waals surface area contributed by atoms with Crippen LogP contribution in [0.25, 0.3) is 0 Å². The second kappa shape index (κ2) is 5.25. The van der Waals surface area contributed by atoms with Crippen molar-refractivity contribution in [1.29, 1.82) is 0 Å². The first-order valence-corrected chi connectivity index (χ1v) is 5.47. The molecule has 0 heterocycles. The lowest BCUT2D eigenvalue weighted by molar-refractivity contribution is -0.119. The predicted octanol–water partition coefficient (Wildman–Crippen LogP) is 2.48. The molecule has 13 heavy (non-hydrogen) atoms. The van der Waals surface area contributed by atoms with E-state index in [1.54, 1.807) is 6.92 Å². The van der Waals surface area contributed by atoms with Crippen LogP contribution in [0.1, 0.15) is 52.4 Å². The lowest BCUT2D eigenvalue weighted by atomic mass is 9.93. The van der Waals surface area contributed by atoms with Crippen LogP contribution >= 0.6 is 0 Å². The summed E-state index contributed by atoms with van der Waals surface area (Å²) in [5.41, 5.74) is 0. The Morgan fingerprint density at radius 3 is 2.23 bits per heavy atom. The van der Waals surface area contributed by atoms with Gasteiger partial charge in [0.2, 0.25) is 5.91 Å². The standard InChI is InChI=1S/C11H21NO/c1-9(12-10(2)13)11-7-5-3-4-6-8-11/h9,11H,3-8H2,1-2H3,(H,12,13). The van der Waals surface area contributed by atoms with Gasteiger partial charge < -0.3 is 5.32 Å². The molecule has 76 valence electrons. The number of nitrogens with one attached hydrogen (secondary N) is 1. The fourth-order valence-corrected chi connectivity index (χ4v) is 2.25. The molecule has 2 heteroatoms. The Morgan fingerprint density at radius 2 is 1.77 bits per heavy atom. The van der Waals surface area contributed by atoms with Crippen LogP contribution in [-0.4, -0.2) is 11.9 Å². The van der Waals surface area contributed by atoms with Crippen molar-refractivity contribution >= 4 is 5.91 Å². The SMILES string of the molecule is CC(=O)NC(C)C1CCCCCC1. The first kappa shape index (κ1) is 10.6. The first-order valence-electron chi connectivity index (χ1n) is 5.47. The maximum Gasteiger partial charge on any atom is 0.217 e. The van der Waals surface area contributed by atoms with E-state index < -0.39 is 0 Å². The molecule has 1 amide bonds. The van der Waals surface area contributed by atoms with Crippen LogP contribution in [0, 0.1) is 5.92 Å². The average Bonchev–Trinajstić information content (AvgIpc) is 2.29. The molecule has 0 radical (unpaired) electrons. The van der Waals surface area contributed by atoms with Crippen LogP contribution in [0.2, 0.25) is 0 Å². The fraction of sp³-hybridized carbons (Fsp3) is 0.909. The zero-order chi connectivity index (χ0) is 9.68. The number of carbonyl (C=O) groups is 1. The Hall–Kier alpha value is -0.530. The van der Waals surface area contributed by atoms with Crippen LogP contribution in [0.5, 0.6) is 0 Å². The Morgan fingerprint density at radius 1 is 1.23 bits per heavy atom. The molecule has 0 aromatic rings. The molecule has 0 aromatic heterocycles. The van der Waals surface area contributed by atoms with E-state index in [1.165, 1.54) is 38.5 Å². The van der Waals surface area contributed by atoms with E-state index in [-0.39, 0.29) is 5.91 Å². The van der Waals surface area contributed by atoms with Gasteiger partial charge in [0.25, 0.3) is 0 Å². The first-order chi connectivity index (χ1) is 6.20. The summed E-state index contributed by atoms with van der Waals surface area (Å²) in [6.07, 6.45) is 8.03. The highest BCUT2D eigenvalue weighted by atomic mass is 16.1. The van der Waals surface area contributed by atoms with Crippen molar-refractivity contribution in [3.63, 3.8) is 0 Å². The normalized spacial score (nSPS) is 22.0. The summed E-state index contributed by atoms with van der Waals surface area (Å²) in [6, 6.07) is 0.371. The number of hydrogen-bond acceptors (Lipinski definition) is 1. The van der Waals surface area contributed by atoms with E-state index in [9.17, 15) is 4.79 Å². The maximum atomic E-state index is 10.9. The Kier molecular flexibility index (Phi) is 4.26. The van der Waals surface area contributed by atoms with Crippen LogP contribution in [0.3, 0.4) is 0 Å². The highest BCUT2D eigenvalue weighted by Gasteiger charge is 2.19. The molecule has 0 bridgehead atoms. The van der Waals surface area contributed by atoms with Gasteiger partial charge in [-0.25, -0.2) is 0 Å². The number of carbonyl (C=O) groups excluding carboxylic acids is 1. The van der Waals surface area contributed by atoms with Crippen molar-refractivity contribution in [2.75, 3.05) is 0 Å². The van der Waals surface area contributed by atoms with Crippen LogP contribution < -0.4 is 5.32 Å². The van der Waals surface area contributed by atoms with E-state index in [0.717, 1.165) is 0 Å². The van der Waals surface area contributed by atoms with E-state index in [0.29, 0.717) is 12.0 Å². The summed E-state index contributed by atoms with van der Waals surface area (Å²) in [7, 11) is 0. The molecule has 1 unspecified atom stereocenters. The number of amides is 1. The monoisotopic (exact) mass is 183 g/mol. The van der Waals surface area contributed by atoms with Crippen molar-refractivity contribution < 1.29 is 4.79 Å². The van der Waals surface area contributed by atoms with Crippen molar-refractivity contribution in [3.8, 4) is 0 Å². The molecule has 1 N–H and O–H groups in total. The van der Waals surface area contributed by atoms with Crippen molar-refractivity contribution in [2.24, 2.45) is 5.92 Å². The molecule has 1 fully saturated rings. The van der Waals surface area contributed by atoms with Crippen molar-refractivity contribution in [3.05, 3.63) is 0 Å². The van der Waals surface area contributed by atoms with Gasteiger partial charge in [-0.15, -0.1) is 0 Å². The predicted molar refractivity (Wildman–Crippen MR) is 54.5 cm³/mol. The highest BCUT2D eigenvalue weighted by Crippen LogP contribution is 2.25.